The summed E-state index contributed by atoms with van der Waals surface area (Å²) < 4.78 is 29.2. The van der Waals surface area contributed by atoms with Gasteiger partial charge in [0, 0.05) is 24.7 Å². The molecule has 1 N–H and O–H groups in total. The van der Waals surface area contributed by atoms with E-state index in [9.17, 15) is 14.0 Å². The number of benzene rings is 3. The standard InChI is InChI=1S/C27H22FN3O5/c28-21-9-6-18(7-10-21)14-29-26(32)23-13-22(36-30-23)16-31(15-19-4-2-1-3-5-19)27(33)20-8-11-24-25(12-20)35-17-34-24/h1-13H,14-17H2,(H,29,32). The molecule has 3 aromatic carbocycles. The van der Waals surface area contributed by atoms with Crippen molar-refractivity contribution >= 4 is 11.8 Å². The van der Waals surface area contributed by atoms with Crippen molar-refractivity contribution in [2.45, 2.75) is 19.6 Å². The summed E-state index contributed by atoms with van der Waals surface area (Å²) in [5, 5.41) is 6.58. The van der Waals surface area contributed by atoms with E-state index >= 15 is 0 Å². The van der Waals surface area contributed by atoms with E-state index in [1.165, 1.54) is 18.2 Å². The van der Waals surface area contributed by atoms with Crippen LogP contribution >= 0.6 is 0 Å². The third-order valence-electron chi connectivity index (χ3n) is 5.63. The largest absolute Gasteiger partial charge is 0.454 e. The van der Waals surface area contributed by atoms with Crippen molar-refractivity contribution in [3.8, 4) is 11.5 Å². The Kier molecular flexibility index (Phi) is 6.61. The second-order valence-corrected chi connectivity index (χ2v) is 8.20. The fraction of sp³-hybridized carbons (Fsp3) is 0.148. The van der Waals surface area contributed by atoms with Gasteiger partial charge in [0.25, 0.3) is 11.8 Å². The number of carbonyl (C=O) groups excluding carboxylic acids is 2. The van der Waals surface area contributed by atoms with E-state index < -0.39 is 5.91 Å². The van der Waals surface area contributed by atoms with E-state index in [2.05, 4.69) is 10.5 Å². The highest BCUT2D eigenvalue weighted by Gasteiger charge is 2.23. The Balaban J connectivity index is 1.30. The van der Waals surface area contributed by atoms with Crippen LogP contribution < -0.4 is 14.8 Å². The Labute approximate surface area is 206 Å². The maximum Gasteiger partial charge on any atom is 0.273 e. The van der Waals surface area contributed by atoms with E-state index in [0.29, 0.717) is 29.4 Å². The van der Waals surface area contributed by atoms with E-state index in [1.54, 1.807) is 35.2 Å². The third kappa shape index (κ3) is 5.35. The van der Waals surface area contributed by atoms with Crippen molar-refractivity contribution in [2.24, 2.45) is 0 Å². The van der Waals surface area contributed by atoms with Crippen molar-refractivity contribution in [1.82, 2.24) is 15.4 Å². The Hall–Kier alpha value is -4.66. The summed E-state index contributed by atoms with van der Waals surface area (Å²) in [5.41, 5.74) is 2.20. The molecule has 0 fully saturated rings. The molecule has 0 aliphatic carbocycles. The molecule has 0 atom stereocenters. The highest BCUT2D eigenvalue weighted by Crippen LogP contribution is 2.33. The molecule has 8 nitrogen and oxygen atoms in total. The summed E-state index contributed by atoms with van der Waals surface area (Å²) in [4.78, 5) is 27.6. The van der Waals surface area contributed by atoms with Crippen molar-refractivity contribution in [2.75, 3.05) is 6.79 Å². The molecule has 2 amide bonds. The lowest BCUT2D eigenvalue weighted by atomic mass is 10.1. The van der Waals surface area contributed by atoms with E-state index in [4.69, 9.17) is 14.0 Å². The minimum Gasteiger partial charge on any atom is -0.454 e. The minimum atomic E-state index is -0.439. The van der Waals surface area contributed by atoms with Gasteiger partial charge in [0.05, 0.1) is 6.54 Å². The van der Waals surface area contributed by atoms with Crippen LogP contribution in [0.4, 0.5) is 4.39 Å². The number of fused-ring (bicyclic) bond motifs is 1. The van der Waals surface area contributed by atoms with Crippen LogP contribution in [-0.4, -0.2) is 28.7 Å². The number of nitrogens with zero attached hydrogens (tertiary/aromatic N) is 2. The molecule has 36 heavy (non-hydrogen) atoms. The molecule has 4 aromatic rings. The lowest BCUT2D eigenvalue weighted by Crippen LogP contribution is -2.30. The quantitative estimate of drug-likeness (QED) is 0.398. The molecule has 0 saturated heterocycles. The van der Waals surface area contributed by atoms with Gasteiger partial charge in [-0.3, -0.25) is 9.59 Å². The maximum absolute atomic E-state index is 13.4. The number of carbonyl (C=O) groups is 2. The lowest BCUT2D eigenvalue weighted by molar-refractivity contribution is 0.0712. The molecule has 0 bridgehead atoms. The van der Waals surface area contributed by atoms with E-state index in [-0.39, 0.29) is 37.3 Å². The molecule has 1 aliphatic rings. The first-order chi connectivity index (χ1) is 17.5. The second-order valence-electron chi connectivity index (χ2n) is 8.20. The number of ether oxygens (including phenoxy) is 2. The zero-order valence-corrected chi connectivity index (χ0v) is 19.1. The molecule has 0 saturated carbocycles. The molecule has 1 aromatic heterocycles. The number of hydrogen-bond donors (Lipinski definition) is 1. The maximum atomic E-state index is 13.4. The topological polar surface area (TPSA) is 93.9 Å². The number of nitrogens with one attached hydrogen (secondary N) is 1. The van der Waals surface area contributed by atoms with Crippen LogP contribution in [0.25, 0.3) is 0 Å². The molecular weight excluding hydrogens is 465 g/mol. The Morgan fingerprint density at radius 1 is 0.889 bits per heavy atom. The Morgan fingerprint density at radius 3 is 2.47 bits per heavy atom. The van der Waals surface area contributed by atoms with Crippen molar-refractivity contribution in [3.05, 3.63) is 113 Å². The molecule has 9 heteroatoms. The van der Waals surface area contributed by atoms with Gasteiger partial charge in [0.15, 0.2) is 23.0 Å². The number of halogens is 1. The third-order valence-corrected chi connectivity index (χ3v) is 5.63. The Bertz CT molecular complexity index is 1370. The molecule has 5 rings (SSSR count). The molecule has 1 aliphatic heterocycles. The smallest absolute Gasteiger partial charge is 0.273 e. The summed E-state index contributed by atoms with van der Waals surface area (Å²) in [6.45, 7) is 0.746. The summed E-state index contributed by atoms with van der Waals surface area (Å²) in [6, 6.07) is 21.9. The van der Waals surface area contributed by atoms with Gasteiger partial charge in [-0.1, -0.05) is 47.6 Å². The summed E-state index contributed by atoms with van der Waals surface area (Å²) >= 11 is 0. The lowest BCUT2D eigenvalue weighted by Gasteiger charge is -2.22. The molecule has 0 radical (unpaired) electrons. The van der Waals surface area contributed by atoms with Crippen LogP contribution in [0.5, 0.6) is 11.5 Å². The zero-order valence-electron chi connectivity index (χ0n) is 19.1. The van der Waals surface area contributed by atoms with Crippen molar-refractivity contribution in [1.29, 1.82) is 0 Å². The highest BCUT2D eigenvalue weighted by molar-refractivity contribution is 5.95. The van der Waals surface area contributed by atoms with Crippen molar-refractivity contribution in [3.63, 3.8) is 0 Å². The first-order valence-electron chi connectivity index (χ1n) is 11.3. The van der Waals surface area contributed by atoms with E-state index in [1.807, 2.05) is 30.3 Å². The number of rotatable bonds is 8. The van der Waals surface area contributed by atoms with E-state index in [0.717, 1.165) is 11.1 Å². The van der Waals surface area contributed by atoms with Crippen LogP contribution in [0.15, 0.2) is 83.4 Å². The normalized spacial score (nSPS) is 11.8. The fourth-order valence-corrected chi connectivity index (χ4v) is 3.77. The summed E-state index contributed by atoms with van der Waals surface area (Å²) in [6.07, 6.45) is 0. The number of aromatic nitrogens is 1. The van der Waals surface area contributed by atoms with Crippen LogP contribution in [-0.2, 0) is 19.6 Å². The Morgan fingerprint density at radius 2 is 1.67 bits per heavy atom. The zero-order chi connectivity index (χ0) is 24.9. The van der Waals surface area contributed by atoms with Gasteiger partial charge in [-0.05, 0) is 41.5 Å². The van der Waals surface area contributed by atoms with Gasteiger partial charge < -0.3 is 24.2 Å². The average Bonchev–Trinajstić information content (AvgIpc) is 3.57. The van der Waals surface area contributed by atoms with Crippen molar-refractivity contribution < 1.29 is 28.0 Å². The van der Waals surface area contributed by atoms with Gasteiger partial charge in [0.2, 0.25) is 6.79 Å². The summed E-state index contributed by atoms with van der Waals surface area (Å²) in [5.74, 6) is 0.434. The first kappa shape index (κ1) is 23.1. The molecule has 2 heterocycles. The predicted octanol–water partition coefficient (Wildman–Crippen LogP) is 4.32. The van der Waals surface area contributed by atoms with Crippen LogP contribution in [0, 0.1) is 5.82 Å². The summed E-state index contributed by atoms with van der Waals surface area (Å²) in [7, 11) is 0. The van der Waals surface area contributed by atoms with Gasteiger partial charge in [-0.2, -0.15) is 0 Å². The van der Waals surface area contributed by atoms with Gasteiger partial charge in [-0.15, -0.1) is 0 Å². The average molecular weight is 487 g/mol. The van der Waals surface area contributed by atoms with Crippen LogP contribution in [0.3, 0.4) is 0 Å². The van der Waals surface area contributed by atoms with Gasteiger partial charge in [0.1, 0.15) is 5.82 Å². The minimum absolute atomic E-state index is 0.0855. The van der Waals surface area contributed by atoms with Crippen LogP contribution in [0.2, 0.25) is 0 Å². The molecule has 182 valence electrons. The number of amides is 2. The second kappa shape index (κ2) is 10.3. The number of hydrogen-bond acceptors (Lipinski definition) is 6. The SMILES string of the molecule is O=C(NCc1ccc(F)cc1)c1cc(CN(Cc2ccccc2)C(=O)c2ccc3c(c2)OCO3)on1. The molecule has 0 spiro atoms. The molecular formula is C27H22FN3O5. The first-order valence-corrected chi connectivity index (χ1v) is 11.3. The monoisotopic (exact) mass is 487 g/mol. The molecule has 0 unspecified atom stereocenters. The highest BCUT2D eigenvalue weighted by atomic mass is 19.1. The van der Waals surface area contributed by atoms with Gasteiger partial charge in [-0.25, -0.2) is 4.39 Å². The van der Waals surface area contributed by atoms with Gasteiger partial charge >= 0.3 is 0 Å². The fourth-order valence-electron chi connectivity index (χ4n) is 3.77. The predicted molar refractivity (Wildman–Crippen MR) is 127 cm³/mol. The van der Waals surface area contributed by atoms with Crippen LogP contribution in [0.1, 0.15) is 37.7 Å².